The zero-order valence-corrected chi connectivity index (χ0v) is 18.4. The van der Waals surface area contributed by atoms with Crippen LogP contribution < -0.4 is 15.4 Å². The fourth-order valence-electron chi connectivity index (χ4n) is 3.86. The van der Waals surface area contributed by atoms with Crippen molar-refractivity contribution < 1.29 is 4.74 Å². The van der Waals surface area contributed by atoms with Gasteiger partial charge in [-0.3, -0.25) is 9.89 Å². The maximum absolute atomic E-state index is 5.22. The van der Waals surface area contributed by atoms with Gasteiger partial charge >= 0.3 is 0 Å². The van der Waals surface area contributed by atoms with Crippen LogP contribution in [0.3, 0.4) is 0 Å². The number of ether oxygens (including phenoxy) is 1. The van der Waals surface area contributed by atoms with Crippen molar-refractivity contribution in [2.24, 2.45) is 4.99 Å². The summed E-state index contributed by atoms with van der Waals surface area (Å²) >= 11 is 0. The highest BCUT2D eigenvalue weighted by atomic mass is 16.5. The molecule has 162 valence electrons. The van der Waals surface area contributed by atoms with Crippen LogP contribution in [0.15, 0.2) is 59.6 Å². The van der Waals surface area contributed by atoms with Gasteiger partial charge in [0.1, 0.15) is 5.75 Å². The van der Waals surface area contributed by atoms with Gasteiger partial charge in [0, 0.05) is 38.8 Å². The van der Waals surface area contributed by atoms with Gasteiger partial charge < -0.3 is 15.4 Å². The van der Waals surface area contributed by atoms with Crippen LogP contribution in [0.5, 0.6) is 5.75 Å². The first-order valence-corrected chi connectivity index (χ1v) is 11.2. The normalized spacial score (nSPS) is 15.7. The molecule has 0 spiro atoms. The van der Waals surface area contributed by atoms with Crippen molar-refractivity contribution in [3.8, 4) is 5.75 Å². The van der Waals surface area contributed by atoms with Gasteiger partial charge in [0.15, 0.2) is 5.96 Å². The number of benzene rings is 2. The molecule has 1 saturated heterocycles. The predicted octanol–water partition coefficient (Wildman–Crippen LogP) is 3.85. The molecule has 1 aliphatic heterocycles. The van der Waals surface area contributed by atoms with Crippen molar-refractivity contribution in [2.75, 3.05) is 33.3 Å². The maximum Gasteiger partial charge on any atom is 0.191 e. The van der Waals surface area contributed by atoms with Crippen molar-refractivity contribution in [1.82, 2.24) is 15.5 Å². The van der Waals surface area contributed by atoms with Gasteiger partial charge in [0.2, 0.25) is 0 Å². The number of rotatable bonds is 9. The van der Waals surface area contributed by atoms with Crippen LogP contribution in [-0.2, 0) is 13.0 Å². The van der Waals surface area contributed by atoms with E-state index in [1.165, 1.54) is 11.1 Å². The van der Waals surface area contributed by atoms with Crippen LogP contribution in [0.4, 0.5) is 0 Å². The average molecular weight is 409 g/mol. The predicted molar refractivity (Wildman–Crippen MR) is 125 cm³/mol. The second-order valence-electron chi connectivity index (χ2n) is 7.89. The molecule has 0 radical (unpaired) electrons. The number of nitrogens with zero attached hydrogens (tertiary/aromatic N) is 2. The third-order valence-electron chi connectivity index (χ3n) is 5.57. The minimum Gasteiger partial charge on any atom is -0.497 e. The summed E-state index contributed by atoms with van der Waals surface area (Å²) < 4.78 is 5.22. The molecule has 30 heavy (non-hydrogen) atoms. The molecule has 2 N–H and O–H groups in total. The maximum atomic E-state index is 5.22. The summed E-state index contributed by atoms with van der Waals surface area (Å²) in [4.78, 5) is 7.35. The summed E-state index contributed by atoms with van der Waals surface area (Å²) in [5, 5.41) is 7.05. The van der Waals surface area contributed by atoms with Crippen molar-refractivity contribution in [3.05, 3.63) is 65.7 Å². The lowest BCUT2D eigenvalue weighted by Gasteiger charge is -2.33. The van der Waals surface area contributed by atoms with Crippen LogP contribution in [-0.4, -0.2) is 50.2 Å². The fraction of sp³-hybridized carbons (Fsp3) is 0.480. The first-order chi connectivity index (χ1) is 14.8. The molecule has 1 fully saturated rings. The van der Waals surface area contributed by atoms with E-state index in [1.807, 2.05) is 12.1 Å². The molecule has 1 aliphatic rings. The van der Waals surface area contributed by atoms with E-state index in [0.29, 0.717) is 6.04 Å². The number of aliphatic imine (C=N–C) groups is 1. The van der Waals surface area contributed by atoms with Gasteiger partial charge in [-0.2, -0.15) is 0 Å². The largest absolute Gasteiger partial charge is 0.497 e. The zero-order chi connectivity index (χ0) is 21.0. The summed E-state index contributed by atoms with van der Waals surface area (Å²) in [6, 6.07) is 19.6. The number of methoxy groups -OCH3 is 1. The summed E-state index contributed by atoms with van der Waals surface area (Å²) in [6.07, 6.45) is 4.38. The number of hydrogen-bond donors (Lipinski definition) is 2. The Morgan fingerprint density at radius 2 is 1.77 bits per heavy atom. The smallest absolute Gasteiger partial charge is 0.191 e. The molecule has 5 nitrogen and oxygen atoms in total. The van der Waals surface area contributed by atoms with Gasteiger partial charge in [-0.1, -0.05) is 42.5 Å². The van der Waals surface area contributed by atoms with E-state index < -0.39 is 0 Å². The van der Waals surface area contributed by atoms with Gasteiger partial charge in [-0.25, -0.2) is 0 Å². The molecule has 0 amide bonds. The van der Waals surface area contributed by atoms with Crippen LogP contribution >= 0.6 is 0 Å². The number of piperidine rings is 1. The van der Waals surface area contributed by atoms with E-state index in [9.17, 15) is 0 Å². The summed E-state index contributed by atoms with van der Waals surface area (Å²) in [5.74, 6) is 1.86. The standard InChI is InChI=1S/C25H36N4O/c1-3-26-25(27-17-7-10-21-11-13-24(30-2)14-12-21)28-23-15-18-29(19-16-23)20-22-8-5-4-6-9-22/h4-6,8-9,11-14,23H,3,7,10,15-20H2,1-2H3,(H2,26,27,28). The summed E-state index contributed by atoms with van der Waals surface area (Å²) in [5.41, 5.74) is 2.73. The molecule has 0 unspecified atom stereocenters. The minimum absolute atomic E-state index is 0.497. The second kappa shape index (κ2) is 12.2. The molecule has 0 atom stereocenters. The van der Waals surface area contributed by atoms with E-state index in [4.69, 9.17) is 9.73 Å². The third kappa shape index (κ3) is 7.38. The molecule has 3 rings (SSSR count). The average Bonchev–Trinajstić information content (AvgIpc) is 2.79. The van der Waals surface area contributed by atoms with E-state index in [2.05, 4.69) is 64.9 Å². The van der Waals surface area contributed by atoms with Crippen LogP contribution in [0, 0.1) is 0 Å². The van der Waals surface area contributed by atoms with Gasteiger partial charge in [0.05, 0.1) is 7.11 Å². The van der Waals surface area contributed by atoms with E-state index in [0.717, 1.165) is 70.1 Å². The highest BCUT2D eigenvalue weighted by Crippen LogP contribution is 2.14. The quantitative estimate of drug-likeness (QED) is 0.376. The Morgan fingerprint density at radius 3 is 2.43 bits per heavy atom. The molecule has 2 aromatic carbocycles. The number of guanidine groups is 1. The molecular weight excluding hydrogens is 372 g/mol. The Hall–Kier alpha value is -2.53. The van der Waals surface area contributed by atoms with E-state index in [-0.39, 0.29) is 0 Å². The van der Waals surface area contributed by atoms with Crippen molar-refractivity contribution in [1.29, 1.82) is 0 Å². The molecule has 0 saturated carbocycles. The zero-order valence-electron chi connectivity index (χ0n) is 18.4. The van der Waals surface area contributed by atoms with E-state index >= 15 is 0 Å². The molecule has 1 heterocycles. The first kappa shape index (κ1) is 22.2. The van der Waals surface area contributed by atoms with Gasteiger partial charge in [0.25, 0.3) is 0 Å². The lowest BCUT2D eigenvalue weighted by Crippen LogP contribution is -2.48. The fourth-order valence-corrected chi connectivity index (χ4v) is 3.86. The molecule has 5 heteroatoms. The molecule has 2 aromatic rings. The molecule has 0 bridgehead atoms. The van der Waals surface area contributed by atoms with Crippen LogP contribution in [0.2, 0.25) is 0 Å². The van der Waals surface area contributed by atoms with Gasteiger partial charge in [-0.15, -0.1) is 0 Å². The molecule has 0 aromatic heterocycles. The van der Waals surface area contributed by atoms with Crippen LogP contribution in [0.1, 0.15) is 37.3 Å². The number of likely N-dealkylation sites (tertiary alicyclic amines) is 1. The highest BCUT2D eigenvalue weighted by molar-refractivity contribution is 5.80. The number of hydrogen-bond acceptors (Lipinski definition) is 3. The highest BCUT2D eigenvalue weighted by Gasteiger charge is 2.19. The number of nitrogens with one attached hydrogen (secondary N) is 2. The van der Waals surface area contributed by atoms with E-state index in [1.54, 1.807) is 7.11 Å². The lowest BCUT2D eigenvalue weighted by atomic mass is 10.0. The summed E-state index contributed by atoms with van der Waals surface area (Å²) in [7, 11) is 1.70. The monoisotopic (exact) mass is 408 g/mol. The number of aryl methyl sites for hydroxylation is 1. The van der Waals surface area contributed by atoms with Gasteiger partial charge in [-0.05, 0) is 55.9 Å². The van der Waals surface area contributed by atoms with Crippen molar-refractivity contribution >= 4 is 5.96 Å². The van der Waals surface area contributed by atoms with Crippen molar-refractivity contribution in [2.45, 2.75) is 45.2 Å². The van der Waals surface area contributed by atoms with Crippen molar-refractivity contribution in [3.63, 3.8) is 0 Å². The topological polar surface area (TPSA) is 48.9 Å². The lowest BCUT2D eigenvalue weighted by molar-refractivity contribution is 0.198. The molecular formula is C25H36N4O. The Morgan fingerprint density at radius 1 is 1.03 bits per heavy atom. The second-order valence-corrected chi connectivity index (χ2v) is 7.89. The van der Waals surface area contributed by atoms with Crippen LogP contribution in [0.25, 0.3) is 0 Å². The SMILES string of the molecule is CCNC(=NCCCc1ccc(OC)cc1)NC1CCN(Cc2ccccc2)CC1. The Labute approximate surface area is 181 Å². The minimum atomic E-state index is 0.497. The Balaban J connectivity index is 1.40. The Kier molecular flexibility index (Phi) is 9.04. The molecule has 0 aliphatic carbocycles. The first-order valence-electron chi connectivity index (χ1n) is 11.2. The third-order valence-corrected chi connectivity index (χ3v) is 5.57. The summed E-state index contributed by atoms with van der Waals surface area (Å²) in [6.45, 7) is 7.14. The Bertz CT molecular complexity index is 752.